The van der Waals surface area contributed by atoms with Gasteiger partial charge in [0.2, 0.25) is 0 Å². The van der Waals surface area contributed by atoms with Crippen molar-refractivity contribution < 1.29 is 13.2 Å². The van der Waals surface area contributed by atoms with E-state index in [1.165, 1.54) is 23.9 Å². The van der Waals surface area contributed by atoms with Crippen molar-refractivity contribution in [1.82, 2.24) is 4.98 Å². The van der Waals surface area contributed by atoms with Crippen LogP contribution in [-0.2, 0) is 6.18 Å². The lowest BCUT2D eigenvalue weighted by Gasteiger charge is -2.09. The molecule has 0 saturated heterocycles. The normalized spacial score (nSPS) is 12.2. The van der Waals surface area contributed by atoms with Gasteiger partial charge < -0.3 is 0 Å². The zero-order valence-electron chi connectivity index (χ0n) is 13.7. The number of alkyl halides is 3. The standard InChI is InChI=1S/C20H13F3N2S/c1-26-19-15(9-14-5-2-3-8-18(14)25-19)10-16(12-24)13-6-4-7-17(11-13)20(21,22)23/h2-11H,1H3. The van der Waals surface area contributed by atoms with Gasteiger partial charge in [-0.15, -0.1) is 11.8 Å². The lowest BCUT2D eigenvalue weighted by atomic mass is 10.0. The molecule has 0 spiro atoms. The molecule has 3 aromatic rings. The molecule has 0 amide bonds. The van der Waals surface area contributed by atoms with Crippen LogP contribution in [0.3, 0.4) is 0 Å². The number of fused-ring (bicyclic) bond motifs is 1. The van der Waals surface area contributed by atoms with E-state index in [1.807, 2.05) is 42.7 Å². The van der Waals surface area contributed by atoms with Gasteiger partial charge >= 0.3 is 6.18 Å². The van der Waals surface area contributed by atoms with Crippen LogP contribution in [0.1, 0.15) is 16.7 Å². The van der Waals surface area contributed by atoms with E-state index in [0.717, 1.165) is 23.0 Å². The molecule has 0 fully saturated rings. The lowest BCUT2D eigenvalue weighted by Crippen LogP contribution is -2.04. The predicted octanol–water partition coefficient (Wildman–Crippen LogP) is 6.04. The number of pyridine rings is 1. The van der Waals surface area contributed by atoms with Crippen molar-refractivity contribution in [3.8, 4) is 6.07 Å². The van der Waals surface area contributed by atoms with Gasteiger partial charge in [0.05, 0.1) is 22.7 Å². The molecule has 1 heterocycles. The van der Waals surface area contributed by atoms with E-state index in [2.05, 4.69) is 4.98 Å². The summed E-state index contributed by atoms with van der Waals surface area (Å²) in [6.45, 7) is 0. The first kappa shape index (κ1) is 18.0. The summed E-state index contributed by atoms with van der Waals surface area (Å²) >= 11 is 1.42. The Morgan fingerprint density at radius 3 is 2.58 bits per heavy atom. The van der Waals surface area contributed by atoms with E-state index in [-0.39, 0.29) is 11.1 Å². The molecule has 26 heavy (non-hydrogen) atoms. The summed E-state index contributed by atoms with van der Waals surface area (Å²) in [7, 11) is 0. The number of aromatic nitrogens is 1. The average Bonchev–Trinajstić information content (AvgIpc) is 2.64. The third kappa shape index (κ3) is 3.73. The van der Waals surface area contributed by atoms with E-state index in [4.69, 9.17) is 0 Å². The van der Waals surface area contributed by atoms with E-state index < -0.39 is 11.7 Å². The number of halogens is 3. The molecular weight excluding hydrogens is 357 g/mol. The number of hydrogen-bond donors (Lipinski definition) is 0. The minimum absolute atomic E-state index is 0.156. The molecule has 0 aliphatic rings. The molecule has 0 unspecified atom stereocenters. The van der Waals surface area contributed by atoms with Gasteiger partial charge in [0, 0.05) is 10.9 Å². The Morgan fingerprint density at radius 1 is 1.12 bits per heavy atom. The van der Waals surface area contributed by atoms with E-state index in [9.17, 15) is 18.4 Å². The minimum Gasteiger partial charge on any atom is -0.241 e. The molecule has 0 aliphatic heterocycles. The van der Waals surface area contributed by atoms with Crippen molar-refractivity contribution in [2.24, 2.45) is 0 Å². The number of benzene rings is 2. The molecule has 0 bridgehead atoms. The SMILES string of the molecule is CSc1nc2ccccc2cc1C=C(C#N)c1cccc(C(F)(F)F)c1. The quantitative estimate of drug-likeness (QED) is 0.417. The van der Waals surface area contributed by atoms with Gasteiger partial charge in [-0.25, -0.2) is 4.98 Å². The number of nitriles is 1. The zero-order chi connectivity index (χ0) is 18.7. The van der Waals surface area contributed by atoms with Crippen molar-refractivity contribution in [2.45, 2.75) is 11.2 Å². The highest BCUT2D eigenvalue weighted by molar-refractivity contribution is 7.98. The van der Waals surface area contributed by atoms with Crippen LogP contribution in [0.4, 0.5) is 13.2 Å². The Kier molecular flexibility index (Phi) is 5.01. The van der Waals surface area contributed by atoms with Crippen LogP contribution in [0.15, 0.2) is 59.6 Å². The summed E-state index contributed by atoms with van der Waals surface area (Å²) in [5.41, 5.74) is 1.13. The number of para-hydroxylation sites is 1. The molecule has 0 N–H and O–H groups in total. The van der Waals surface area contributed by atoms with Gasteiger partial charge in [0.25, 0.3) is 0 Å². The van der Waals surface area contributed by atoms with Crippen LogP contribution in [-0.4, -0.2) is 11.2 Å². The van der Waals surface area contributed by atoms with Crippen LogP contribution >= 0.6 is 11.8 Å². The number of nitrogens with zero attached hydrogens (tertiary/aromatic N) is 2. The second-order valence-corrected chi connectivity index (χ2v) is 6.32. The smallest absolute Gasteiger partial charge is 0.241 e. The van der Waals surface area contributed by atoms with Crippen LogP contribution in [0.5, 0.6) is 0 Å². The second-order valence-electron chi connectivity index (χ2n) is 5.53. The lowest BCUT2D eigenvalue weighted by molar-refractivity contribution is -0.137. The van der Waals surface area contributed by atoms with E-state index in [0.29, 0.717) is 10.6 Å². The van der Waals surface area contributed by atoms with Gasteiger partial charge in [0.15, 0.2) is 0 Å². The van der Waals surface area contributed by atoms with E-state index in [1.54, 1.807) is 6.08 Å². The summed E-state index contributed by atoms with van der Waals surface area (Å²) in [4.78, 5) is 4.56. The molecule has 0 saturated carbocycles. The van der Waals surface area contributed by atoms with Crippen molar-refractivity contribution in [1.29, 1.82) is 5.26 Å². The first-order chi connectivity index (χ1) is 12.4. The monoisotopic (exact) mass is 370 g/mol. The number of hydrogen-bond acceptors (Lipinski definition) is 3. The summed E-state index contributed by atoms with van der Waals surface area (Å²) in [6, 6.07) is 16.2. The average molecular weight is 370 g/mol. The van der Waals surface area contributed by atoms with Crippen molar-refractivity contribution >= 4 is 34.3 Å². The molecule has 0 radical (unpaired) electrons. The molecule has 1 aromatic heterocycles. The van der Waals surface area contributed by atoms with Crippen LogP contribution in [0.25, 0.3) is 22.6 Å². The van der Waals surface area contributed by atoms with Gasteiger partial charge in [0.1, 0.15) is 5.03 Å². The molecule has 2 nitrogen and oxygen atoms in total. The van der Waals surface area contributed by atoms with Crippen LogP contribution in [0, 0.1) is 11.3 Å². The first-order valence-corrected chi connectivity index (χ1v) is 8.88. The van der Waals surface area contributed by atoms with Crippen LogP contribution < -0.4 is 0 Å². The molecule has 6 heteroatoms. The highest BCUT2D eigenvalue weighted by atomic mass is 32.2. The number of thioether (sulfide) groups is 1. The van der Waals surface area contributed by atoms with Crippen molar-refractivity contribution in [2.75, 3.05) is 6.26 Å². The Hall–Kier alpha value is -2.78. The third-order valence-electron chi connectivity index (χ3n) is 3.83. The van der Waals surface area contributed by atoms with Gasteiger partial charge in [-0.05, 0) is 42.2 Å². The summed E-state index contributed by atoms with van der Waals surface area (Å²) in [6.07, 6.45) is -1.00. The highest BCUT2D eigenvalue weighted by Gasteiger charge is 2.30. The fourth-order valence-electron chi connectivity index (χ4n) is 2.58. The largest absolute Gasteiger partial charge is 0.416 e. The predicted molar refractivity (Wildman–Crippen MR) is 98.5 cm³/mol. The highest BCUT2D eigenvalue weighted by Crippen LogP contribution is 2.32. The maximum Gasteiger partial charge on any atom is 0.416 e. The Balaban J connectivity index is 2.13. The Bertz CT molecular complexity index is 1030. The number of allylic oxidation sites excluding steroid dienone is 1. The summed E-state index contributed by atoms with van der Waals surface area (Å²) in [5.74, 6) is 0. The maximum absolute atomic E-state index is 12.9. The maximum atomic E-state index is 12.9. The molecule has 130 valence electrons. The zero-order valence-corrected chi connectivity index (χ0v) is 14.5. The van der Waals surface area contributed by atoms with Crippen LogP contribution in [0.2, 0.25) is 0 Å². The molecule has 0 atom stereocenters. The van der Waals surface area contributed by atoms with Crippen molar-refractivity contribution in [3.05, 3.63) is 71.3 Å². The second kappa shape index (κ2) is 7.22. The third-order valence-corrected chi connectivity index (χ3v) is 4.54. The topological polar surface area (TPSA) is 36.7 Å². The van der Waals surface area contributed by atoms with E-state index >= 15 is 0 Å². The molecular formula is C20H13F3N2S. The summed E-state index contributed by atoms with van der Waals surface area (Å²) in [5, 5.41) is 11.1. The van der Waals surface area contributed by atoms with Gasteiger partial charge in [-0.1, -0.05) is 30.3 Å². The molecule has 2 aromatic carbocycles. The number of rotatable bonds is 3. The first-order valence-electron chi connectivity index (χ1n) is 7.65. The Morgan fingerprint density at radius 2 is 1.88 bits per heavy atom. The van der Waals surface area contributed by atoms with Gasteiger partial charge in [-0.3, -0.25) is 0 Å². The Labute approximate surface area is 153 Å². The van der Waals surface area contributed by atoms with Crippen molar-refractivity contribution in [3.63, 3.8) is 0 Å². The summed E-state index contributed by atoms with van der Waals surface area (Å²) < 4.78 is 38.8. The molecule has 3 rings (SSSR count). The fourth-order valence-corrected chi connectivity index (χ4v) is 3.12. The van der Waals surface area contributed by atoms with Gasteiger partial charge in [-0.2, -0.15) is 18.4 Å². The fraction of sp³-hybridized carbons (Fsp3) is 0.100. The minimum atomic E-state index is -4.45. The molecule has 0 aliphatic carbocycles.